The average molecular weight is 355 g/mol. The zero-order valence-corrected chi connectivity index (χ0v) is 15.7. The molecule has 0 aromatic heterocycles. The molecule has 0 aliphatic rings. The van der Waals surface area contributed by atoms with Crippen LogP contribution in [-0.4, -0.2) is 24.6 Å². The predicted octanol–water partition coefficient (Wildman–Crippen LogP) is 4.28. The highest BCUT2D eigenvalue weighted by molar-refractivity contribution is 6.04. The zero-order chi connectivity index (χ0) is 19.1. The summed E-state index contributed by atoms with van der Waals surface area (Å²) < 4.78 is 10.5. The van der Waals surface area contributed by atoms with E-state index >= 15 is 0 Å². The lowest BCUT2D eigenvalue weighted by Crippen LogP contribution is -2.20. The molecule has 26 heavy (non-hydrogen) atoms. The smallest absolute Gasteiger partial charge is 0.344 e. The van der Waals surface area contributed by atoms with Crippen LogP contribution >= 0.6 is 0 Å². The van der Waals surface area contributed by atoms with Gasteiger partial charge in [-0.05, 0) is 68.7 Å². The van der Waals surface area contributed by atoms with Gasteiger partial charge < -0.3 is 14.8 Å². The number of carbonyl (C=O) groups excluding carboxylic acids is 2. The minimum absolute atomic E-state index is 0.123. The number of esters is 1. The van der Waals surface area contributed by atoms with Gasteiger partial charge in [-0.1, -0.05) is 19.1 Å². The van der Waals surface area contributed by atoms with Gasteiger partial charge in [-0.15, -0.1) is 0 Å². The minimum Gasteiger partial charge on any atom is -0.482 e. The van der Waals surface area contributed by atoms with Crippen LogP contribution in [0, 0.1) is 13.8 Å². The molecular formula is C21H25NO4. The van der Waals surface area contributed by atoms with Gasteiger partial charge in [-0.25, -0.2) is 4.79 Å². The second kappa shape index (κ2) is 9.04. The molecule has 0 bridgehead atoms. The molecule has 0 saturated heterocycles. The number of rotatable bonds is 7. The predicted molar refractivity (Wildman–Crippen MR) is 102 cm³/mol. The molecule has 1 atom stereocenters. The van der Waals surface area contributed by atoms with Crippen LogP contribution < -0.4 is 10.1 Å². The van der Waals surface area contributed by atoms with Gasteiger partial charge in [0.25, 0.3) is 5.91 Å². The van der Waals surface area contributed by atoms with E-state index in [1.165, 1.54) is 0 Å². The van der Waals surface area contributed by atoms with Crippen LogP contribution in [0.15, 0.2) is 42.5 Å². The van der Waals surface area contributed by atoms with Crippen LogP contribution in [0.5, 0.6) is 5.75 Å². The molecule has 0 spiro atoms. The Hall–Kier alpha value is -2.82. The number of carbonyl (C=O) groups is 2. The summed E-state index contributed by atoms with van der Waals surface area (Å²) in [5, 5.41) is 2.91. The lowest BCUT2D eigenvalue weighted by atomic mass is 10.1. The van der Waals surface area contributed by atoms with E-state index in [4.69, 9.17) is 9.47 Å². The molecule has 0 saturated carbocycles. The maximum absolute atomic E-state index is 12.4. The van der Waals surface area contributed by atoms with E-state index in [0.717, 1.165) is 23.2 Å². The van der Waals surface area contributed by atoms with Gasteiger partial charge in [0.2, 0.25) is 0 Å². The van der Waals surface area contributed by atoms with Crippen LogP contribution in [0.3, 0.4) is 0 Å². The lowest BCUT2D eigenvalue weighted by molar-refractivity contribution is -0.150. The lowest BCUT2D eigenvalue weighted by Gasteiger charge is -2.12. The van der Waals surface area contributed by atoms with E-state index in [1.54, 1.807) is 24.3 Å². The van der Waals surface area contributed by atoms with Crippen molar-refractivity contribution in [3.05, 3.63) is 59.2 Å². The number of nitrogens with one attached hydrogen (secondary N) is 1. The first-order chi connectivity index (χ1) is 12.4. The third-order valence-electron chi connectivity index (χ3n) is 4.23. The Morgan fingerprint density at radius 2 is 1.77 bits per heavy atom. The Morgan fingerprint density at radius 1 is 1.08 bits per heavy atom. The molecule has 1 N–H and O–H groups in total. The summed E-state index contributed by atoms with van der Waals surface area (Å²) in [4.78, 5) is 24.0. The molecule has 2 aromatic carbocycles. The zero-order valence-electron chi connectivity index (χ0n) is 15.7. The van der Waals surface area contributed by atoms with Crippen LogP contribution in [0.2, 0.25) is 0 Å². The number of amides is 1. The largest absolute Gasteiger partial charge is 0.482 e. The number of anilines is 1. The Morgan fingerprint density at radius 3 is 2.42 bits per heavy atom. The van der Waals surface area contributed by atoms with Gasteiger partial charge in [-0.3, -0.25) is 4.79 Å². The topological polar surface area (TPSA) is 64.6 Å². The molecule has 5 nitrogen and oxygen atoms in total. The van der Waals surface area contributed by atoms with Crippen molar-refractivity contribution in [1.82, 2.24) is 0 Å². The van der Waals surface area contributed by atoms with E-state index in [-0.39, 0.29) is 18.6 Å². The van der Waals surface area contributed by atoms with Crippen molar-refractivity contribution >= 4 is 17.6 Å². The fraction of sp³-hybridized carbons (Fsp3) is 0.333. The Kier molecular flexibility index (Phi) is 6.78. The monoisotopic (exact) mass is 355 g/mol. The van der Waals surface area contributed by atoms with E-state index in [1.807, 2.05) is 45.9 Å². The summed E-state index contributed by atoms with van der Waals surface area (Å²) in [5.74, 6) is -0.0908. The fourth-order valence-electron chi connectivity index (χ4n) is 2.27. The van der Waals surface area contributed by atoms with Crippen molar-refractivity contribution in [2.45, 2.75) is 40.2 Å². The standard InChI is InChI=1S/C21H25NO4/c1-5-15(3)26-20(23)13-25-18-11-9-17(10-12-18)21(24)22-19-8-6-7-14(2)16(19)4/h6-12,15H,5,13H2,1-4H3,(H,22,24)/t15-/m0/s1. The molecule has 0 fully saturated rings. The van der Waals surface area contributed by atoms with Crippen molar-refractivity contribution in [3.8, 4) is 5.75 Å². The minimum atomic E-state index is -0.406. The molecule has 2 rings (SSSR count). The Bertz CT molecular complexity index is 768. The van der Waals surface area contributed by atoms with Gasteiger partial charge >= 0.3 is 5.97 Å². The van der Waals surface area contributed by atoms with E-state index in [9.17, 15) is 9.59 Å². The van der Waals surface area contributed by atoms with E-state index in [0.29, 0.717) is 11.3 Å². The van der Waals surface area contributed by atoms with Crippen molar-refractivity contribution in [2.75, 3.05) is 11.9 Å². The van der Waals surface area contributed by atoms with Crippen LogP contribution in [0.1, 0.15) is 41.8 Å². The average Bonchev–Trinajstić information content (AvgIpc) is 2.64. The summed E-state index contributed by atoms with van der Waals surface area (Å²) in [7, 11) is 0. The van der Waals surface area contributed by atoms with Gasteiger partial charge in [-0.2, -0.15) is 0 Å². The molecule has 0 aliphatic heterocycles. The Labute approximate surface area is 154 Å². The SMILES string of the molecule is CC[C@H](C)OC(=O)COc1ccc(C(=O)Nc2cccc(C)c2C)cc1. The van der Waals surface area contributed by atoms with Crippen molar-refractivity contribution < 1.29 is 19.1 Å². The van der Waals surface area contributed by atoms with Crippen molar-refractivity contribution in [2.24, 2.45) is 0 Å². The maximum atomic E-state index is 12.4. The highest BCUT2D eigenvalue weighted by Gasteiger charge is 2.11. The fourth-order valence-corrected chi connectivity index (χ4v) is 2.27. The molecule has 0 radical (unpaired) electrons. The van der Waals surface area contributed by atoms with Crippen molar-refractivity contribution in [3.63, 3.8) is 0 Å². The van der Waals surface area contributed by atoms with Crippen LogP contribution in [-0.2, 0) is 9.53 Å². The van der Waals surface area contributed by atoms with E-state index < -0.39 is 5.97 Å². The summed E-state index contributed by atoms with van der Waals surface area (Å²) in [5.41, 5.74) is 3.47. The molecule has 0 unspecified atom stereocenters. The summed E-state index contributed by atoms with van der Waals surface area (Å²) in [6.07, 6.45) is 0.637. The highest BCUT2D eigenvalue weighted by Crippen LogP contribution is 2.19. The highest BCUT2D eigenvalue weighted by atomic mass is 16.6. The number of hydrogen-bond acceptors (Lipinski definition) is 4. The van der Waals surface area contributed by atoms with E-state index in [2.05, 4.69) is 5.32 Å². The van der Waals surface area contributed by atoms with Gasteiger partial charge in [0, 0.05) is 11.3 Å². The molecule has 2 aromatic rings. The molecular weight excluding hydrogens is 330 g/mol. The normalized spacial score (nSPS) is 11.5. The first-order valence-corrected chi connectivity index (χ1v) is 8.70. The summed E-state index contributed by atoms with van der Waals surface area (Å²) in [6, 6.07) is 12.4. The first-order valence-electron chi connectivity index (χ1n) is 8.70. The molecule has 5 heteroatoms. The Balaban J connectivity index is 1.93. The molecule has 0 aliphatic carbocycles. The van der Waals surface area contributed by atoms with Gasteiger partial charge in [0.15, 0.2) is 6.61 Å². The number of benzene rings is 2. The van der Waals surface area contributed by atoms with Crippen LogP contribution in [0.25, 0.3) is 0 Å². The number of ether oxygens (including phenoxy) is 2. The first kappa shape index (κ1) is 19.5. The summed E-state index contributed by atoms with van der Waals surface area (Å²) in [6.45, 7) is 7.60. The maximum Gasteiger partial charge on any atom is 0.344 e. The van der Waals surface area contributed by atoms with Gasteiger partial charge in [0.1, 0.15) is 5.75 Å². The molecule has 138 valence electrons. The summed E-state index contributed by atoms with van der Waals surface area (Å²) >= 11 is 0. The number of aryl methyl sites for hydroxylation is 1. The second-order valence-corrected chi connectivity index (χ2v) is 6.22. The van der Waals surface area contributed by atoms with Crippen molar-refractivity contribution in [1.29, 1.82) is 0 Å². The van der Waals surface area contributed by atoms with Gasteiger partial charge in [0.05, 0.1) is 6.10 Å². The third kappa shape index (κ3) is 5.34. The quantitative estimate of drug-likeness (QED) is 0.753. The number of hydrogen-bond donors (Lipinski definition) is 1. The third-order valence-corrected chi connectivity index (χ3v) is 4.23. The second-order valence-electron chi connectivity index (χ2n) is 6.22. The molecule has 1 amide bonds. The molecule has 0 heterocycles. The van der Waals surface area contributed by atoms with Crippen LogP contribution in [0.4, 0.5) is 5.69 Å².